The van der Waals surface area contributed by atoms with E-state index in [1.54, 1.807) is 0 Å². The summed E-state index contributed by atoms with van der Waals surface area (Å²) in [6.07, 6.45) is -4.02. The van der Waals surface area contributed by atoms with Crippen molar-refractivity contribution in [3.63, 3.8) is 0 Å². The molecule has 1 aromatic heterocycles. The normalized spacial score (nSPS) is 33.3. The zero-order valence-electron chi connectivity index (χ0n) is 10.7. The lowest BCUT2D eigenvalue weighted by atomic mass is 9.90. The fourth-order valence-corrected chi connectivity index (χ4v) is 2.22. The maximum Gasteiger partial charge on any atom is 0.330 e. The third-order valence-electron chi connectivity index (χ3n) is 3.47. The Kier molecular flexibility index (Phi) is 3.63. The first kappa shape index (κ1) is 14.6. The number of aliphatic hydroxyl groups is 2. The van der Waals surface area contributed by atoms with E-state index in [2.05, 4.69) is 6.58 Å². The number of rotatable bonds is 3. The van der Waals surface area contributed by atoms with Crippen molar-refractivity contribution in [2.24, 2.45) is 0 Å². The summed E-state index contributed by atoms with van der Waals surface area (Å²) < 4.78 is 20.4. The molecule has 3 N–H and O–H groups in total. The van der Waals surface area contributed by atoms with Crippen molar-refractivity contribution in [2.75, 3.05) is 6.61 Å². The molecule has 7 nitrogen and oxygen atoms in total. The molecule has 1 aliphatic heterocycles. The van der Waals surface area contributed by atoms with Crippen LogP contribution in [0.4, 0.5) is 4.39 Å². The van der Waals surface area contributed by atoms with Crippen molar-refractivity contribution in [3.05, 3.63) is 45.3 Å². The molecular formula is C12H15FN2O5. The Labute approximate surface area is 112 Å². The maximum atomic E-state index is 14.2. The number of aromatic amines is 1. The molecule has 1 aliphatic rings. The molecule has 0 aromatic carbocycles. The van der Waals surface area contributed by atoms with Crippen LogP contribution in [0.5, 0.6) is 0 Å². The number of aliphatic hydroxyl groups excluding tert-OH is 2. The first-order valence-corrected chi connectivity index (χ1v) is 5.92. The van der Waals surface area contributed by atoms with Gasteiger partial charge in [0, 0.05) is 12.3 Å². The molecule has 8 heteroatoms. The van der Waals surface area contributed by atoms with Crippen molar-refractivity contribution in [1.82, 2.24) is 9.55 Å². The van der Waals surface area contributed by atoms with Crippen LogP contribution in [0.25, 0.3) is 0 Å². The van der Waals surface area contributed by atoms with E-state index in [1.165, 1.54) is 6.92 Å². The number of hydrogen-bond donors (Lipinski definition) is 3. The van der Waals surface area contributed by atoms with E-state index in [0.29, 0.717) is 0 Å². The van der Waals surface area contributed by atoms with Gasteiger partial charge in [-0.1, -0.05) is 6.58 Å². The van der Waals surface area contributed by atoms with Crippen molar-refractivity contribution in [2.45, 2.75) is 31.0 Å². The molecule has 1 aromatic rings. The number of aromatic nitrogens is 2. The van der Waals surface area contributed by atoms with E-state index in [0.717, 1.165) is 16.8 Å². The summed E-state index contributed by atoms with van der Waals surface area (Å²) in [4.78, 5) is 24.6. The topological polar surface area (TPSA) is 105 Å². The monoisotopic (exact) mass is 286 g/mol. The zero-order valence-corrected chi connectivity index (χ0v) is 10.7. The van der Waals surface area contributed by atoms with Gasteiger partial charge in [-0.25, -0.2) is 9.18 Å². The van der Waals surface area contributed by atoms with Crippen LogP contribution in [-0.2, 0) is 4.74 Å². The maximum absolute atomic E-state index is 14.2. The van der Waals surface area contributed by atoms with Crippen LogP contribution in [0.1, 0.15) is 13.2 Å². The van der Waals surface area contributed by atoms with Gasteiger partial charge in [-0.3, -0.25) is 14.3 Å². The lowest BCUT2D eigenvalue weighted by Crippen LogP contribution is -2.46. The first-order chi connectivity index (χ1) is 9.33. The van der Waals surface area contributed by atoms with E-state index in [-0.39, 0.29) is 5.57 Å². The van der Waals surface area contributed by atoms with Crippen molar-refractivity contribution < 1.29 is 19.3 Å². The molecular weight excluding hydrogens is 271 g/mol. The summed E-state index contributed by atoms with van der Waals surface area (Å²) in [5, 5.41) is 19.3. The fourth-order valence-electron chi connectivity index (χ4n) is 2.22. The molecule has 2 rings (SSSR count). The smallest absolute Gasteiger partial charge is 0.330 e. The number of H-pyrrole nitrogens is 1. The lowest BCUT2D eigenvalue weighted by molar-refractivity contribution is -0.105. The molecule has 0 unspecified atom stereocenters. The van der Waals surface area contributed by atoms with Crippen LogP contribution in [-0.4, -0.2) is 44.2 Å². The largest absolute Gasteiger partial charge is 0.393 e. The van der Waals surface area contributed by atoms with Gasteiger partial charge in [0.25, 0.3) is 5.56 Å². The van der Waals surface area contributed by atoms with Crippen molar-refractivity contribution in [3.8, 4) is 0 Å². The molecule has 1 fully saturated rings. The van der Waals surface area contributed by atoms with Crippen LogP contribution in [0, 0.1) is 0 Å². The molecule has 2 heterocycles. The quantitative estimate of drug-likeness (QED) is 0.623. The second kappa shape index (κ2) is 4.97. The van der Waals surface area contributed by atoms with Crippen molar-refractivity contribution in [1.29, 1.82) is 0 Å². The van der Waals surface area contributed by atoms with E-state index < -0.39 is 42.0 Å². The Balaban J connectivity index is 2.47. The van der Waals surface area contributed by atoms with Gasteiger partial charge in [0.2, 0.25) is 0 Å². The summed E-state index contributed by atoms with van der Waals surface area (Å²) in [6.45, 7) is 4.37. The SMILES string of the molecule is C=C(C)[C@]1(CO)O[C@@H](n2ccc(=O)[nH]c2=O)[C@H](F)[C@@H]1O. The molecule has 0 aliphatic carbocycles. The van der Waals surface area contributed by atoms with E-state index in [1.807, 2.05) is 4.98 Å². The summed E-state index contributed by atoms with van der Waals surface area (Å²) in [7, 11) is 0. The first-order valence-electron chi connectivity index (χ1n) is 5.92. The molecule has 1 saturated heterocycles. The van der Waals surface area contributed by atoms with Gasteiger partial charge < -0.3 is 14.9 Å². The minimum atomic E-state index is -1.96. The Morgan fingerprint density at radius 2 is 2.30 bits per heavy atom. The molecule has 4 atom stereocenters. The van der Waals surface area contributed by atoms with Crippen LogP contribution >= 0.6 is 0 Å². The average molecular weight is 286 g/mol. The highest BCUT2D eigenvalue weighted by Gasteiger charge is 2.56. The van der Waals surface area contributed by atoms with Gasteiger partial charge in [-0.05, 0) is 12.5 Å². The number of nitrogens with one attached hydrogen (secondary N) is 1. The average Bonchev–Trinajstić information content (AvgIpc) is 2.64. The van der Waals surface area contributed by atoms with E-state index in [9.17, 15) is 24.2 Å². The third-order valence-corrected chi connectivity index (χ3v) is 3.47. The molecule has 0 saturated carbocycles. The molecule has 0 radical (unpaired) electrons. The lowest BCUT2D eigenvalue weighted by Gasteiger charge is -2.30. The van der Waals surface area contributed by atoms with Gasteiger partial charge in [0.15, 0.2) is 12.4 Å². The Morgan fingerprint density at radius 1 is 1.65 bits per heavy atom. The van der Waals surface area contributed by atoms with Gasteiger partial charge in [-0.2, -0.15) is 0 Å². The highest BCUT2D eigenvalue weighted by Crippen LogP contribution is 2.41. The van der Waals surface area contributed by atoms with Gasteiger partial charge in [-0.15, -0.1) is 0 Å². The third kappa shape index (κ3) is 2.01. The number of nitrogens with zero attached hydrogens (tertiary/aromatic N) is 1. The van der Waals surface area contributed by atoms with Crippen LogP contribution in [0.2, 0.25) is 0 Å². The second-order valence-electron chi connectivity index (χ2n) is 4.74. The fraction of sp³-hybridized carbons (Fsp3) is 0.500. The van der Waals surface area contributed by atoms with E-state index >= 15 is 0 Å². The Bertz CT molecular complexity index is 639. The number of alkyl halides is 1. The van der Waals surface area contributed by atoms with Gasteiger partial charge in [0.05, 0.1) is 6.61 Å². The van der Waals surface area contributed by atoms with Crippen LogP contribution < -0.4 is 11.2 Å². The summed E-state index contributed by atoms with van der Waals surface area (Å²) in [5.41, 5.74) is -2.95. The Hall–Kier alpha value is -1.77. The van der Waals surface area contributed by atoms with Gasteiger partial charge >= 0.3 is 5.69 Å². The predicted molar refractivity (Wildman–Crippen MR) is 67.0 cm³/mol. The minimum absolute atomic E-state index is 0.232. The second-order valence-corrected chi connectivity index (χ2v) is 4.74. The Morgan fingerprint density at radius 3 is 2.75 bits per heavy atom. The van der Waals surface area contributed by atoms with Crippen LogP contribution in [0.3, 0.4) is 0 Å². The highest BCUT2D eigenvalue weighted by molar-refractivity contribution is 5.19. The summed E-state index contributed by atoms with van der Waals surface area (Å²) in [6, 6.07) is 1.03. The van der Waals surface area contributed by atoms with Gasteiger partial charge in [0.1, 0.15) is 11.7 Å². The van der Waals surface area contributed by atoms with Crippen molar-refractivity contribution >= 4 is 0 Å². The molecule has 0 amide bonds. The molecule has 110 valence electrons. The minimum Gasteiger partial charge on any atom is -0.393 e. The molecule has 0 spiro atoms. The van der Waals surface area contributed by atoms with Crippen LogP contribution in [0.15, 0.2) is 34.0 Å². The van der Waals surface area contributed by atoms with E-state index in [4.69, 9.17) is 4.74 Å². The highest BCUT2D eigenvalue weighted by atomic mass is 19.1. The standard InChI is InChI=1S/C12H15FN2O5/c1-6(2)12(5-16)9(18)8(13)10(20-12)15-4-3-7(17)14-11(15)19/h3-4,8-10,16,18H,1,5H2,2H3,(H,14,17,19)/t8-,9+,10-,12+/m1/s1. The molecule has 20 heavy (non-hydrogen) atoms. The summed E-state index contributed by atoms with van der Waals surface area (Å²) in [5.74, 6) is 0. The number of halogens is 1. The number of ether oxygens (including phenoxy) is 1. The number of hydrogen-bond acceptors (Lipinski definition) is 5. The summed E-state index contributed by atoms with van der Waals surface area (Å²) >= 11 is 0. The molecule has 0 bridgehead atoms. The zero-order chi connectivity index (χ0) is 15.1. The predicted octanol–water partition coefficient (Wildman–Crippen LogP) is -0.928.